The van der Waals surface area contributed by atoms with Gasteiger partial charge in [-0.3, -0.25) is 4.79 Å². The molecule has 1 saturated carbocycles. The Morgan fingerprint density at radius 1 is 1.29 bits per heavy atom. The largest absolute Gasteiger partial charge is 0.480 e. The minimum atomic E-state index is -0.945. The van der Waals surface area contributed by atoms with Crippen molar-refractivity contribution in [3.63, 3.8) is 0 Å². The van der Waals surface area contributed by atoms with Gasteiger partial charge in [0.05, 0.1) is 0 Å². The van der Waals surface area contributed by atoms with Crippen LogP contribution in [0, 0.1) is 11.8 Å². The maximum absolute atomic E-state index is 12.1. The zero-order valence-electron chi connectivity index (χ0n) is 10.3. The average Bonchev–Trinajstić information content (AvgIpc) is 2.84. The molecule has 0 aromatic heterocycles. The fourth-order valence-corrected chi connectivity index (χ4v) is 3.07. The fraction of sp³-hybridized carbons (Fsp3) is 0.833. The first kappa shape index (κ1) is 12.2. The molecule has 2 amide bonds. The van der Waals surface area contributed by atoms with Crippen molar-refractivity contribution in [3.8, 4) is 0 Å². The van der Waals surface area contributed by atoms with E-state index in [0.29, 0.717) is 18.4 Å². The Balaban J connectivity index is 1.93. The van der Waals surface area contributed by atoms with Crippen LogP contribution in [-0.2, 0) is 4.79 Å². The number of urea groups is 1. The van der Waals surface area contributed by atoms with Crippen LogP contribution in [0.4, 0.5) is 4.79 Å². The van der Waals surface area contributed by atoms with Crippen molar-refractivity contribution >= 4 is 12.0 Å². The normalized spacial score (nSPS) is 27.0. The van der Waals surface area contributed by atoms with Crippen molar-refractivity contribution in [1.82, 2.24) is 9.80 Å². The lowest BCUT2D eigenvalue weighted by Gasteiger charge is -2.26. The second-order valence-electron chi connectivity index (χ2n) is 5.05. The van der Waals surface area contributed by atoms with Crippen LogP contribution < -0.4 is 0 Å². The van der Waals surface area contributed by atoms with Gasteiger partial charge in [0, 0.05) is 19.6 Å². The molecule has 2 unspecified atom stereocenters. The second kappa shape index (κ2) is 4.94. The number of likely N-dealkylation sites (tertiary alicyclic amines) is 1. The summed E-state index contributed by atoms with van der Waals surface area (Å²) in [5, 5.41) is 8.76. The van der Waals surface area contributed by atoms with E-state index in [2.05, 4.69) is 0 Å². The number of fused-ring (bicyclic) bond motifs is 1. The van der Waals surface area contributed by atoms with Crippen LogP contribution in [0.1, 0.15) is 26.2 Å². The molecule has 0 spiro atoms. The molecule has 1 heterocycles. The van der Waals surface area contributed by atoms with Gasteiger partial charge in [-0.25, -0.2) is 4.79 Å². The Hall–Kier alpha value is -1.26. The number of amides is 2. The molecular weight excluding hydrogens is 220 g/mol. The predicted octanol–water partition coefficient (Wildman–Crippen LogP) is 1.24. The molecule has 1 N–H and O–H groups in total. The lowest BCUT2D eigenvalue weighted by molar-refractivity contribution is -0.137. The molecule has 2 atom stereocenters. The van der Waals surface area contributed by atoms with Crippen molar-refractivity contribution in [2.45, 2.75) is 26.2 Å². The Labute approximate surface area is 101 Å². The first-order valence-electron chi connectivity index (χ1n) is 6.37. The molecule has 0 bridgehead atoms. The van der Waals surface area contributed by atoms with E-state index in [1.165, 1.54) is 24.2 Å². The van der Waals surface area contributed by atoms with Gasteiger partial charge in [0.25, 0.3) is 0 Å². The quantitative estimate of drug-likeness (QED) is 0.807. The van der Waals surface area contributed by atoms with Crippen molar-refractivity contribution in [1.29, 1.82) is 0 Å². The van der Waals surface area contributed by atoms with E-state index >= 15 is 0 Å². The standard InChI is InChI=1S/C12H20N2O3/c1-2-13(8-11(15)16)12(17)14-6-9-4-3-5-10(9)7-14/h9-10H,2-8H2,1H3,(H,15,16). The van der Waals surface area contributed by atoms with E-state index in [1.807, 2.05) is 11.8 Å². The summed E-state index contributed by atoms with van der Waals surface area (Å²) in [7, 11) is 0. The molecule has 0 radical (unpaired) electrons. The summed E-state index contributed by atoms with van der Waals surface area (Å²) in [6.07, 6.45) is 3.73. The van der Waals surface area contributed by atoms with Gasteiger partial charge in [0.1, 0.15) is 6.54 Å². The van der Waals surface area contributed by atoms with Gasteiger partial charge in [0.2, 0.25) is 0 Å². The predicted molar refractivity (Wildman–Crippen MR) is 62.7 cm³/mol. The topological polar surface area (TPSA) is 60.9 Å². The lowest BCUT2D eigenvalue weighted by Crippen LogP contribution is -2.44. The van der Waals surface area contributed by atoms with Gasteiger partial charge in [-0.2, -0.15) is 0 Å². The molecule has 5 nitrogen and oxygen atoms in total. The Morgan fingerprint density at radius 3 is 2.35 bits per heavy atom. The van der Waals surface area contributed by atoms with Gasteiger partial charge >= 0.3 is 12.0 Å². The third-order valence-electron chi connectivity index (χ3n) is 3.98. The van der Waals surface area contributed by atoms with Crippen LogP contribution in [0.3, 0.4) is 0 Å². The first-order valence-corrected chi connectivity index (χ1v) is 6.37. The van der Waals surface area contributed by atoms with Gasteiger partial charge in [-0.15, -0.1) is 0 Å². The minimum absolute atomic E-state index is 0.107. The number of likely N-dealkylation sites (N-methyl/N-ethyl adjacent to an activating group) is 1. The van der Waals surface area contributed by atoms with Crippen molar-refractivity contribution in [2.24, 2.45) is 11.8 Å². The molecule has 1 aliphatic carbocycles. The van der Waals surface area contributed by atoms with Gasteiger partial charge in [0.15, 0.2) is 0 Å². The molecule has 0 aromatic carbocycles. The summed E-state index contributed by atoms with van der Waals surface area (Å²) in [5.41, 5.74) is 0. The summed E-state index contributed by atoms with van der Waals surface area (Å²) in [5.74, 6) is 0.365. The Kier molecular flexibility index (Phi) is 3.54. The molecular formula is C12H20N2O3. The zero-order chi connectivity index (χ0) is 12.4. The highest BCUT2D eigenvalue weighted by atomic mass is 16.4. The van der Waals surface area contributed by atoms with E-state index in [9.17, 15) is 9.59 Å². The summed E-state index contributed by atoms with van der Waals surface area (Å²) in [4.78, 5) is 26.0. The van der Waals surface area contributed by atoms with E-state index in [0.717, 1.165) is 13.1 Å². The minimum Gasteiger partial charge on any atom is -0.480 e. The van der Waals surface area contributed by atoms with Crippen LogP contribution in [0.15, 0.2) is 0 Å². The van der Waals surface area contributed by atoms with E-state index in [-0.39, 0.29) is 12.6 Å². The smallest absolute Gasteiger partial charge is 0.323 e. The average molecular weight is 240 g/mol. The number of hydrogen-bond donors (Lipinski definition) is 1. The lowest BCUT2D eigenvalue weighted by atomic mass is 10.0. The summed E-state index contributed by atoms with van der Waals surface area (Å²) in [6, 6.07) is -0.107. The van der Waals surface area contributed by atoms with Crippen LogP contribution >= 0.6 is 0 Å². The summed E-state index contributed by atoms with van der Waals surface area (Å²) < 4.78 is 0. The fourth-order valence-electron chi connectivity index (χ4n) is 3.07. The molecule has 1 aliphatic heterocycles. The number of carbonyl (C=O) groups is 2. The maximum Gasteiger partial charge on any atom is 0.323 e. The van der Waals surface area contributed by atoms with Crippen LogP contribution in [0.25, 0.3) is 0 Å². The van der Waals surface area contributed by atoms with Crippen molar-refractivity contribution in [3.05, 3.63) is 0 Å². The molecule has 96 valence electrons. The van der Waals surface area contributed by atoms with Gasteiger partial charge in [-0.05, 0) is 31.6 Å². The monoisotopic (exact) mass is 240 g/mol. The van der Waals surface area contributed by atoms with E-state index in [1.54, 1.807) is 0 Å². The molecule has 1 saturated heterocycles. The number of rotatable bonds is 3. The van der Waals surface area contributed by atoms with Crippen LogP contribution in [0.2, 0.25) is 0 Å². The number of aliphatic carboxylic acids is 1. The summed E-state index contributed by atoms with van der Waals surface area (Å²) in [6.45, 7) is 3.72. The third kappa shape index (κ3) is 2.53. The van der Waals surface area contributed by atoms with E-state index < -0.39 is 5.97 Å². The first-order chi connectivity index (χ1) is 8.11. The van der Waals surface area contributed by atoms with Gasteiger partial charge < -0.3 is 14.9 Å². The highest BCUT2D eigenvalue weighted by molar-refractivity contribution is 5.80. The molecule has 17 heavy (non-hydrogen) atoms. The number of carboxylic acid groups (broad SMARTS) is 1. The van der Waals surface area contributed by atoms with Crippen molar-refractivity contribution < 1.29 is 14.7 Å². The molecule has 2 rings (SSSR count). The van der Waals surface area contributed by atoms with E-state index in [4.69, 9.17) is 5.11 Å². The third-order valence-corrected chi connectivity index (χ3v) is 3.98. The van der Waals surface area contributed by atoms with Crippen molar-refractivity contribution in [2.75, 3.05) is 26.2 Å². The highest BCUT2D eigenvalue weighted by Gasteiger charge is 2.39. The molecule has 5 heteroatoms. The SMILES string of the molecule is CCN(CC(=O)O)C(=O)N1CC2CCCC2C1. The molecule has 0 aromatic rings. The Bertz CT molecular complexity index is 307. The van der Waals surface area contributed by atoms with Crippen LogP contribution in [0.5, 0.6) is 0 Å². The number of nitrogens with zero attached hydrogens (tertiary/aromatic N) is 2. The highest BCUT2D eigenvalue weighted by Crippen LogP contribution is 2.37. The number of carbonyl (C=O) groups excluding carboxylic acids is 1. The number of carboxylic acids is 1. The zero-order valence-corrected chi connectivity index (χ0v) is 10.3. The Morgan fingerprint density at radius 2 is 1.88 bits per heavy atom. The van der Waals surface area contributed by atoms with Crippen LogP contribution in [-0.4, -0.2) is 53.1 Å². The molecule has 2 fully saturated rings. The van der Waals surface area contributed by atoms with Gasteiger partial charge in [-0.1, -0.05) is 6.42 Å². The summed E-state index contributed by atoms with van der Waals surface area (Å²) >= 11 is 0. The molecule has 2 aliphatic rings. The number of hydrogen-bond acceptors (Lipinski definition) is 2. The second-order valence-corrected chi connectivity index (χ2v) is 5.05. The maximum atomic E-state index is 12.1.